The molecule has 0 bridgehead atoms. The van der Waals surface area contributed by atoms with E-state index in [1.165, 1.54) is 0 Å². The van der Waals surface area contributed by atoms with E-state index in [1.807, 2.05) is 50.2 Å². The lowest BCUT2D eigenvalue weighted by atomic mass is 9.95. The second-order valence-electron chi connectivity index (χ2n) is 9.69. The number of benzene rings is 2. The molecule has 2 aromatic rings. The second-order valence-corrected chi connectivity index (χ2v) is 9.69. The van der Waals surface area contributed by atoms with Gasteiger partial charge in [0.05, 0.1) is 24.8 Å². The van der Waals surface area contributed by atoms with E-state index in [4.69, 9.17) is 9.47 Å². The smallest absolute Gasteiger partial charge is 0.295 e. The number of aliphatic hydroxyl groups excluding tert-OH is 1. The molecular formula is C29H38N2O5. The molecule has 7 nitrogen and oxygen atoms in total. The monoisotopic (exact) mass is 494 g/mol. The molecule has 1 saturated heterocycles. The Morgan fingerprint density at radius 2 is 1.78 bits per heavy atom. The lowest BCUT2D eigenvalue weighted by Gasteiger charge is -2.26. The first-order valence-corrected chi connectivity index (χ1v) is 12.6. The average Bonchev–Trinajstić information content (AvgIpc) is 3.10. The topological polar surface area (TPSA) is 79.3 Å². The van der Waals surface area contributed by atoms with E-state index in [2.05, 4.69) is 13.8 Å². The Morgan fingerprint density at radius 3 is 2.42 bits per heavy atom. The number of likely N-dealkylation sites (tertiary alicyclic amines) is 1. The number of ketones is 1. The van der Waals surface area contributed by atoms with E-state index in [1.54, 1.807) is 29.2 Å². The van der Waals surface area contributed by atoms with Crippen LogP contribution >= 0.6 is 0 Å². The van der Waals surface area contributed by atoms with Crippen molar-refractivity contribution in [3.63, 3.8) is 0 Å². The van der Waals surface area contributed by atoms with Crippen molar-refractivity contribution in [2.75, 3.05) is 40.4 Å². The zero-order valence-electron chi connectivity index (χ0n) is 22.0. The van der Waals surface area contributed by atoms with Gasteiger partial charge in [-0.25, -0.2) is 0 Å². The van der Waals surface area contributed by atoms with Gasteiger partial charge in [0.15, 0.2) is 11.5 Å². The molecule has 1 N–H and O–H groups in total. The van der Waals surface area contributed by atoms with Crippen molar-refractivity contribution in [2.24, 2.45) is 5.92 Å². The number of amides is 1. The minimum Gasteiger partial charge on any atom is -0.507 e. The van der Waals surface area contributed by atoms with E-state index < -0.39 is 17.7 Å². The van der Waals surface area contributed by atoms with E-state index in [0.29, 0.717) is 54.7 Å². The van der Waals surface area contributed by atoms with E-state index >= 15 is 0 Å². The molecule has 194 valence electrons. The number of carbonyl (C=O) groups excluding carboxylic acids is 2. The molecule has 2 aromatic carbocycles. The largest absolute Gasteiger partial charge is 0.507 e. The number of hydrogen-bond donors (Lipinski definition) is 1. The van der Waals surface area contributed by atoms with Crippen LogP contribution in [0.4, 0.5) is 0 Å². The number of aliphatic hydroxyl groups is 1. The van der Waals surface area contributed by atoms with E-state index in [9.17, 15) is 14.7 Å². The van der Waals surface area contributed by atoms with Gasteiger partial charge in [-0.1, -0.05) is 50.2 Å². The van der Waals surface area contributed by atoms with Gasteiger partial charge in [0.1, 0.15) is 5.76 Å². The predicted molar refractivity (Wildman–Crippen MR) is 141 cm³/mol. The van der Waals surface area contributed by atoms with Crippen LogP contribution in [-0.4, -0.2) is 67.0 Å². The molecule has 1 heterocycles. The molecule has 0 aliphatic carbocycles. The molecule has 1 unspecified atom stereocenters. The summed E-state index contributed by atoms with van der Waals surface area (Å²) < 4.78 is 11.9. The Bertz CT molecular complexity index is 1080. The Morgan fingerprint density at radius 1 is 1.06 bits per heavy atom. The minimum atomic E-state index is -0.726. The summed E-state index contributed by atoms with van der Waals surface area (Å²) in [6.45, 7) is 8.33. The van der Waals surface area contributed by atoms with Gasteiger partial charge < -0.3 is 24.4 Å². The zero-order chi connectivity index (χ0) is 26.2. The minimum absolute atomic E-state index is 0.0898. The summed E-state index contributed by atoms with van der Waals surface area (Å²) in [5.41, 5.74) is 1.27. The van der Waals surface area contributed by atoms with Crippen LogP contribution in [0.15, 0.2) is 54.1 Å². The zero-order valence-corrected chi connectivity index (χ0v) is 22.0. The number of rotatable bonds is 12. The predicted octanol–water partition coefficient (Wildman–Crippen LogP) is 4.88. The number of ether oxygens (including phenoxy) is 2. The highest BCUT2D eigenvalue weighted by Gasteiger charge is 2.46. The van der Waals surface area contributed by atoms with Crippen LogP contribution in [0.1, 0.15) is 50.8 Å². The van der Waals surface area contributed by atoms with Crippen LogP contribution in [0.5, 0.6) is 11.5 Å². The number of hydrogen-bond acceptors (Lipinski definition) is 6. The van der Waals surface area contributed by atoms with Crippen molar-refractivity contribution in [1.29, 1.82) is 0 Å². The third-order valence-corrected chi connectivity index (χ3v) is 6.13. The summed E-state index contributed by atoms with van der Waals surface area (Å²) in [6, 6.07) is 13.6. The number of carbonyl (C=O) groups is 2. The van der Waals surface area contributed by atoms with Gasteiger partial charge in [0.2, 0.25) is 0 Å². The summed E-state index contributed by atoms with van der Waals surface area (Å²) in [5.74, 6) is 0.225. The van der Waals surface area contributed by atoms with Gasteiger partial charge in [-0.3, -0.25) is 9.59 Å². The molecule has 36 heavy (non-hydrogen) atoms. The highest BCUT2D eigenvalue weighted by Crippen LogP contribution is 2.42. The molecule has 7 heteroatoms. The third-order valence-electron chi connectivity index (χ3n) is 6.13. The molecule has 3 rings (SSSR count). The van der Waals surface area contributed by atoms with Crippen molar-refractivity contribution in [2.45, 2.75) is 39.7 Å². The molecule has 1 amide bonds. The molecule has 0 aromatic heterocycles. The number of Topliss-reactive ketones (excluding diaryl/α,β-unsaturated/α-hetero) is 1. The maximum Gasteiger partial charge on any atom is 0.295 e. The highest BCUT2D eigenvalue weighted by atomic mass is 16.5. The van der Waals surface area contributed by atoms with Gasteiger partial charge in [0, 0.05) is 12.1 Å². The molecule has 1 aliphatic rings. The van der Waals surface area contributed by atoms with Crippen molar-refractivity contribution in [1.82, 2.24) is 9.80 Å². The Balaban J connectivity index is 2.06. The molecule has 0 radical (unpaired) electrons. The Hall–Kier alpha value is -3.32. The lowest BCUT2D eigenvalue weighted by Crippen LogP contribution is -2.32. The van der Waals surface area contributed by atoms with E-state index in [-0.39, 0.29) is 11.3 Å². The summed E-state index contributed by atoms with van der Waals surface area (Å²) in [6.07, 6.45) is 1.60. The van der Waals surface area contributed by atoms with Crippen LogP contribution in [-0.2, 0) is 9.59 Å². The maximum atomic E-state index is 13.2. The number of nitrogens with zero attached hydrogens (tertiary/aromatic N) is 2. The van der Waals surface area contributed by atoms with Crippen molar-refractivity contribution in [3.8, 4) is 11.5 Å². The first-order chi connectivity index (χ1) is 17.2. The third kappa shape index (κ3) is 6.46. The van der Waals surface area contributed by atoms with Crippen LogP contribution in [0, 0.1) is 5.92 Å². The molecular weight excluding hydrogens is 456 g/mol. The quantitative estimate of drug-likeness (QED) is 0.257. The molecule has 0 saturated carbocycles. The molecule has 1 aliphatic heterocycles. The van der Waals surface area contributed by atoms with Gasteiger partial charge in [-0.15, -0.1) is 0 Å². The van der Waals surface area contributed by atoms with E-state index in [0.717, 1.165) is 13.0 Å². The summed E-state index contributed by atoms with van der Waals surface area (Å²) in [4.78, 5) is 30.0. The fourth-order valence-corrected chi connectivity index (χ4v) is 4.25. The standard InChI is InChI=1S/C29H38N2O5/c1-6-35-24-19-22(13-14-23(24)36-18-15-20(2)3)26-25(27(32)21-11-8-7-9-12-21)28(33)29(34)31(26)17-10-16-30(4)5/h7-9,11-14,19-20,26,32H,6,10,15-18H2,1-5H3/b27-25+. The molecule has 1 atom stereocenters. The van der Waals surface area contributed by atoms with Gasteiger partial charge in [0.25, 0.3) is 11.7 Å². The summed E-state index contributed by atoms with van der Waals surface area (Å²) in [5, 5.41) is 11.2. The highest BCUT2D eigenvalue weighted by molar-refractivity contribution is 6.46. The second kappa shape index (κ2) is 12.6. The van der Waals surface area contributed by atoms with Crippen LogP contribution in [0.3, 0.4) is 0 Å². The van der Waals surface area contributed by atoms with Crippen molar-refractivity contribution in [3.05, 3.63) is 65.2 Å². The fourth-order valence-electron chi connectivity index (χ4n) is 4.25. The van der Waals surface area contributed by atoms with Crippen molar-refractivity contribution < 1.29 is 24.2 Å². The van der Waals surface area contributed by atoms with Gasteiger partial charge in [-0.2, -0.15) is 0 Å². The van der Waals surface area contributed by atoms with Gasteiger partial charge in [-0.05, 0) is 64.0 Å². The Kier molecular flexibility index (Phi) is 9.53. The lowest BCUT2D eigenvalue weighted by molar-refractivity contribution is -0.139. The normalized spacial score (nSPS) is 17.3. The van der Waals surface area contributed by atoms with Gasteiger partial charge >= 0.3 is 0 Å². The van der Waals surface area contributed by atoms with Crippen LogP contribution < -0.4 is 9.47 Å². The fraction of sp³-hybridized carbons (Fsp3) is 0.448. The summed E-state index contributed by atoms with van der Waals surface area (Å²) >= 11 is 0. The Labute approximate surface area is 214 Å². The first kappa shape index (κ1) is 27.3. The van der Waals surface area contributed by atoms with Crippen molar-refractivity contribution >= 4 is 17.4 Å². The first-order valence-electron chi connectivity index (χ1n) is 12.6. The molecule has 0 spiro atoms. The average molecular weight is 495 g/mol. The van der Waals surface area contributed by atoms with Crippen LogP contribution in [0.25, 0.3) is 5.76 Å². The SMILES string of the molecule is CCOc1cc(C2/C(=C(\O)c3ccccc3)C(=O)C(=O)N2CCCN(C)C)ccc1OCCC(C)C. The molecule has 1 fully saturated rings. The maximum absolute atomic E-state index is 13.2. The van der Waals surface area contributed by atoms with Crippen LogP contribution in [0.2, 0.25) is 0 Å². The summed E-state index contributed by atoms with van der Waals surface area (Å²) in [7, 11) is 3.93.